The van der Waals surface area contributed by atoms with E-state index in [4.69, 9.17) is 5.73 Å². The summed E-state index contributed by atoms with van der Waals surface area (Å²) in [6, 6.07) is 1.73. The van der Waals surface area contributed by atoms with Crippen molar-refractivity contribution in [2.45, 2.75) is 19.6 Å². The second-order valence-electron chi connectivity index (χ2n) is 3.88. The Bertz CT molecular complexity index is 580. The van der Waals surface area contributed by atoms with Crippen LogP contribution < -0.4 is 11.1 Å². The predicted octanol–water partition coefficient (Wildman–Crippen LogP) is 3.06. The number of anilines is 2. The molecule has 19 heavy (non-hydrogen) atoms. The van der Waals surface area contributed by atoms with Gasteiger partial charge in [-0.25, -0.2) is 9.97 Å². The van der Waals surface area contributed by atoms with Crippen LogP contribution in [-0.2, 0) is 12.7 Å². The summed E-state index contributed by atoms with van der Waals surface area (Å²) in [5, 5.41) is 5.51. The monoisotopic (exact) mass is 288 g/mol. The summed E-state index contributed by atoms with van der Waals surface area (Å²) in [6.07, 6.45) is -4.44. The minimum absolute atomic E-state index is 0.0815. The van der Waals surface area contributed by atoms with Crippen molar-refractivity contribution in [1.82, 2.24) is 9.97 Å². The normalized spacial score (nSPS) is 11.6. The molecule has 2 aromatic rings. The maximum absolute atomic E-state index is 12.6. The van der Waals surface area contributed by atoms with Crippen LogP contribution >= 0.6 is 11.3 Å². The summed E-state index contributed by atoms with van der Waals surface area (Å²) < 4.78 is 37.8. The molecule has 0 atom stereocenters. The average molecular weight is 288 g/mol. The van der Waals surface area contributed by atoms with Gasteiger partial charge in [-0.15, -0.1) is 11.3 Å². The summed E-state index contributed by atoms with van der Waals surface area (Å²) in [6.45, 7) is 2.16. The second-order valence-corrected chi connectivity index (χ2v) is 4.94. The molecule has 0 saturated carbocycles. The van der Waals surface area contributed by atoms with Crippen LogP contribution in [-0.4, -0.2) is 9.97 Å². The van der Waals surface area contributed by atoms with Crippen molar-refractivity contribution in [3.8, 4) is 0 Å². The van der Waals surface area contributed by atoms with Crippen LogP contribution in [0.15, 0.2) is 17.5 Å². The molecule has 0 radical (unpaired) electrons. The first-order valence-electron chi connectivity index (χ1n) is 5.34. The van der Waals surface area contributed by atoms with E-state index in [-0.39, 0.29) is 11.6 Å². The Hall–Kier alpha value is -1.83. The molecule has 0 unspecified atom stereocenters. The first kappa shape index (κ1) is 13.6. The van der Waals surface area contributed by atoms with E-state index in [9.17, 15) is 13.2 Å². The van der Waals surface area contributed by atoms with Gasteiger partial charge >= 0.3 is 6.18 Å². The Kier molecular flexibility index (Phi) is 3.61. The molecular formula is C11H11F3N4S. The highest BCUT2D eigenvalue weighted by Crippen LogP contribution is 2.31. The number of nitrogens with zero attached hydrogens (tertiary/aromatic N) is 2. The maximum atomic E-state index is 12.6. The first-order chi connectivity index (χ1) is 8.84. The van der Waals surface area contributed by atoms with Crippen molar-refractivity contribution >= 4 is 23.0 Å². The molecule has 0 bridgehead atoms. The van der Waals surface area contributed by atoms with E-state index in [0.29, 0.717) is 6.54 Å². The largest absolute Gasteiger partial charge is 0.416 e. The number of thiazole rings is 1. The summed E-state index contributed by atoms with van der Waals surface area (Å²) in [7, 11) is 0. The van der Waals surface area contributed by atoms with Crippen LogP contribution in [0, 0.1) is 6.92 Å². The molecule has 0 saturated heterocycles. The summed E-state index contributed by atoms with van der Waals surface area (Å²) in [5.41, 5.74) is 5.29. The SMILES string of the molecule is Cc1nc(CNc2cc(C(F)(F)F)cc(N)n2)cs1. The second kappa shape index (κ2) is 5.04. The van der Waals surface area contributed by atoms with Crippen molar-refractivity contribution in [2.75, 3.05) is 11.1 Å². The van der Waals surface area contributed by atoms with Gasteiger partial charge in [0.2, 0.25) is 0 Å². The molecule has 0 aromatic carbocycles. The number of nitrogen functional groups attached to an aromatic ring is 1. The predicted molar refractivity (Wildman–Crippen MR) is 67.8 cm³/mol. The molecule has 2 heterocycles. The molecule has 102 valence electrons. The minimum Gasteiger partial charge on any atom is -0.384 e. The fourth-order valence-corrected chi connectivity index (χ4v) is 2.09. The molecule has 0 fully saturated rings. The number of hydrogen-bond donors (Lipinski definition) is 2. The fourth-order valence-electron chi connectivity index (χ4n) is 1.48. The minimum atomic E-state index is -4.44. The van der Waals surface area contributed by atoms with Crippen LogP contribution in [0.5, 0.6) is 0 Å². The number of alkyl halides is 3. The van der Waals surface area contributed by atoms with E-state index in [0.717, 1.165) is 22.8 Å². The molecule has 0 spiro atoms. The average Bonchev–Trinajstić information content (AvgIpc) is 2.71. The van der Waals surface area contributed by atoms with Crippen molar-refractivity contribution in [2.24, 2.45) is 0 Å². The van der Waals surface area contributed by atoms with E-state index < -0.39 is 11.7 Å². The number of rotatable bonds is 3. The van der Waals surface area contributed by atoms with Gasteiger partial charge < -0.3 is 11.1 Å². The quantitative estimate of drug-likeness (QED) is 0.911. The molecular weight excluding hydrogens is 277 g/mol. The summed E-state index contributed by atoms with van der Waals surface area (Å²) in [5.74, 6) is -0.0928. The lowest BCUT2D eigenvalue weighted by molar-refractivity contribution is -0.137. The number of aromatic nitrogens is 2. The van der Waals surface area contributed by atoms with Gasteiger partial charge in [0.05, 0.1) is 22.8 Å². The molecule has 3 N–H and O–H groups in total. The molecule has 0 aliphatic heterocycles. The van der Waals surface area contributed by atoms with Crippen molar-refractivity contribution in [3.63, 3.8) is 0 Å². The zero-order valence-corrected chi connectivity index (χ0v) is 10.8. The van der Waals surface area contributed by atoms with Gasteiger partial charge in [-0.3, -0.25) is 0 Å². The first-order valence-corrected chi connectivity index (χ1v) is 6.22. The zero-order chi connectivity index (χ0) is 14.0. The van der Waals surface area contributed by atoms with Crippen molar-refractivity contribution in [1.29, 1.82) is 0 Å². The van der Waals surface area contributed by atoms with E-state index >= 15 is 0 Å². The highest BCUT2D eigenvalue weighted by atomic mass is 32.1. The topological polar surface area (TPSA) is 63.8 Å². The Balaban J connectivity index is 2.14. The van der Waals surface area contributed by atoms with Gasteiger partial charge in [0.15, 0.2) is 0 Å². The van der Waals surface area contributed by atoms with Gasteiger partial charge in [-0.2, -0.15) is 13.2 Å². The third kappa shape index (κ3) is 3.57. The molecule has 8 heteroatoms. The number of halogens is 3. The number of hydrogen-bond acceptors (Lipinski definition) is 5. The lowest BCUT2D eigenvalue weighted by Crippen LogP contribution is -2.10. The van der Waals surface area contributed by atoms with Gasteiger partial charge in [0, 0.05) is 5.38 Å². The fraction of sp³-hybridized carbons (Fsp3) is 0.273. The highest BCUT2D eigenvalue weighted by molar-refractivity contribution is 7.09. The molecule has 4 nitrogen and oxygen atoms in total. The van der Waals surface area contributed by atoms with Crippen molar-refractivity contribution < 1.29 is 13.2 Å². The Morgan fingerprint density at radius 3 is 2.63 bits per heavy atom. The Morgan fingerprint density at radius 1 is 1.32 bits per heavy atom. The molecule has 0 aliphatic carbocycles. The number of nitrogens with one attached hydrogen (secondary N) is 1. The van der Waals surface area contributed by atoms with Crippen LogP contribution in [0.2, 0.25) is 0 Å². The third-order valence-electron chi connectivity index (χ3n) is 2.29. The number of aryl methyl sites for hydroxylation is 1. The number of nitrogens with two attached hydrogens (primary N) is 1. The Morgan fingerprint density at radius 2 is 2.05 bits per heavy atom. The molecule has 2 aromatic heterocycles. The Labute approximate surface area is 111 Å². The zero-order valence-electron chi connectivity index (χ0n) is 9.95. The van der Waals surface area contributed by atoms with Crippen LogP contribution in [0.1, 0.15) is 16.3 Å². The standard InChI is InChI=1S/C11H11F3N4S/c1-6-17-8(5-19-6)4-16-10-3-7(11(12,13)14)2-9(15)18-10/h2-3,5H,4H2,1H3,(H3,15,16,18). The van der Waals surface area contributed by atoms with E-state index in [2.05, 4.69) is 15.3 Å². The van der Waals surface area contributed by atoms with E-state index in [1.165, 1.54) is 11.3 Å². The molecule has 2 rings (SSSR count). The smallest absolute Gasteiger partial charge is 0.384 e. The number of pyridine rings is 1. The lowest BCUT2D eigenvalue weighted by atomic mass is 10.2. The summed E-state index contributed by atoms with van der Waals surface area (Å²) in [4.78, 5) is 8.01. The highest BCUT2D eigenvalue weighted by Gasteiger charge is 2.31. The van der Waals surface area contributed by atoms with Gasteiger partial charge in [0.1, 0.15) is 11.6 Å². The van der Waals surface area contributed by atoms with Crippen LogP contribution in [0.3, 0.4) is 0 Å². The lowest BCUT2D eigenvalue weighted by Gasteiger charge is -2.10. The maximum Gasteiger partial charge on any atom is 0.416 e. The van der Waals surface area contributed by atoms with Gasteiger partial charge in [0.25, 0.3) is 0 Å². The van der Waals surface area contributed by atoms with Crippen LogP contribution in [0.25, 0.3) is 0 Å². The van der Waals surface area contributed by atoms with Gasteiger partial charge in [-0.1, -0.05) is 0 Å². The van der Waals surface area contributed by atoms with E-state index in [1.54, 1.807) is 0 Å². The third-order valence-corrected chi connectivity index (χ3v) is 3.11. The van der Waals surface area contributed by atoms with Crippen molar-refractivity contribution in [3.05, 3.63) is 33.8 Å². The van der Waals surface area contributed by atoms with Crippen LogP contribution in [0.4, 0.5) is 24.8 Å². The molecule has 0 aliphatic rings. The molecule has 0 amide bonds. The van der Waals surface area contributed by atoms with E-state index in [1.807, 2.05) is 12.3 Å². The summed E-state index contributed by atoms with van der Waals surface area (Å²) >= 11 is 1.47. The van der Waals surface area contributed by atoms with Gasteiger partial charge in [-0.05, 0) is 19.1 Å².